The van der Waals surface area contributed by atoms with Crippen LogP contribution in [-0.2, 0) is 9.59 Å². The second-order valence-corrected chi connectivity index (χ2v) is 17.5. The number of benzene rings is 2. The van der Waals surface area contributed by atoms with Crippen LogP contribution in [0.4, 0.5) is 38.0 Å². The molecule has 8 rings (SSSR count). The monoisotopic (exact) mass is 988 g/mol. The molecule has 0 unspecified atom stereocenters. The molecule has 23 heteroatoms. The number of likely N-dealkylation sites (tertiary alicyclic amines) is 1. The van der Waals surface area contributed by atoms with Gasteiger partial charge in [-0.1, -0.05) is 31.7 Å². The molecule has 2 saturated heterocycles. The van der Waals surface area contributed by atoms with Crippen LogP contribution in [0.1, 0.15) is 60.8 Å². The van der Waals surface area contributed by atoms with Crippen LogP contribution in [0.3, 0.4) is 0 Å². The second-order valence-electron chi connectivity index (χ2n) is 17.5. The molecule has 6 aromatic rings. The predicted molar refractivity (Wildman–Crippen MR) is 249 cm³/mol. The minimum Gasteiger partial charge on any atom is -0.479 e. The zero-order chi connectivity index (χ0) is 50.1. The molecule has 0 bridgehead atoms. The van der Waals surface area contributed by atoms with Crippen molar-refractivity contribution in [1.82, 2.24) is 39.4 Å². The Morgan fingerprint density at radius 1 is 0.671 bits per heavy atom. The number of piperidine rings is 2. The van der Waals surface area contributed by atoms with Crippen molar-refractivity contribution >= 4 is 34.8 Å². The number of anilines is 2. The lowest BCUT2D eigenvalue weighted by Crippen LogP contribution is -2.48. The number of imidazole rings is 2. The van der Waals surface area contributed by atoms with E-state index >= 15 is 0 Å². The van der Waals surface area contributed by atoms with Gasteiger partial charge in [-0.25, -0.2) is 23.8 Å². The van der Waals surface area contributed by atoms with Crippen LogP contribution in [0.2, 0.25) is 0 Å². The van der Waals surface area contributed by atoms with Crippen LogP contribution in [0.5, 0.6) is 11.5 Å². The van der Waals surface area contributed by atoms with E-state index in [1.807, 2.05) is 12.1 Å². The third-order valence-corrected chi connectivity index (χ3v) is 11.0. The van der Waals surface area contributed by atoms with Gasteiger partial charge in [-0.3, -0.25) is 4.79 Å². The topological polar surface area (TPSA) is 213 Å². The number of rotatable bonds is 12. The smallest absolute Gasteiger partial charge is 0.479 e. The third kappa shape index (κ3) is 15.7. The summed E-state index contributed by atoms with van der Waals surface area (Å²) < 4.78 is 86.5. The van der Waals surface area contributed by atoms with E-state index < -0.39 is 29.9 Å². The molecule has 0 saturated carbocycles. The van der Waals surface area contributed by atoms with Crippen LogP contribution in [0.25, 0.3) is 33.8 Å². The van der Waals surface area contributed by atoms with E-state index in [0.29, 0.717) is 76.9 Å². The number of fused-ring (bicyclic) bond motifs is 2. The van der Waals surface area contributed by atoms with Crippen LogP contribution in [0.15, 0.2) is 85.2 Å². The molecular formula is C47H58F6N10O7. The van der Waals surface area contributed by atoms with Crippen LogP contribution in [0, 0.1) is 11.8 Å². The number of ether oxygens (including phenoxy) is 2. The first kappa shape index (κ1) is 54.2. The maximum absolute atomic E-state index is 12.6. The molecule has 0 aliphatic carbocycles. The second kappa shape index (κ2) is 22.8. The summed E-state index contributed by atoms with van der Waals surface area (Å²) in [5.41, 5.74) is 0.370. The summed E-state index contributed by atoms with van der Waals surface area (Å²) in [5.74, 6) is 0.177. The van der Waals surface area contributed by atoms with Crippen molar-refractivity contribution in [3.63, 3.8) is 0 Å². The molecule has 2 aliphatic rings. The van der Waals surface area contributed by atoms with Crippen molar-refractivity contribution in [2.45, 2.75) is 84.7 Å². The van der Waals surface area contributed by atoms with Gasteiger partial charge in [0, 0.05) is 37.3 Å². The minimum absolute atomic E-state index is 0. The quantitative estimate of drug-likeness (QED) is 0.0644. The Labute approximate surface area is 399 Å². The number of aliphatic carboxylic acids is 1. The Morgan fingerprint density at radius 3 is 1.47 bits per heavy atom. The minimum atomic E-state index is -4.77. The Bertz CT molecular complexity index is 2670. The average molecular weight is 989 g/mol. The van der Waals surface area contributed by atoms with Gasteiger partial charge in [0.05, 0.1) is 23.8 Å². The van der Waals surface area contributed by atoms with Crippen LogP contribution < -0.4 is 25.4 Å². The number of aliphatic hydroxyl groups is 2. The summed E-state index contributed by atoms with van der Waals surface area (Å²) in [4.78, 5) is 32.3. The van der Waals surface area contributed by atoms with Crippen LogP contribution >= 0.6 is 0 Å². The largest absolute Gasteiger partial charge is 0.573 e. The summed E-state index contributed by atoms with van der Waals surface area (Å²) in [6.45, 7) is 10.1. The fraction of sp³-hybridized carbons (Fsp3) is 0.447. The number of halogens is 6. The molecular weight excluding hydrogens is 931 g/mol. The zero-order valence-corrected chi connectivity index (χ0v) is 38.2. The first-order valence-electron chi connectivity index (χ1n) is 22.0. The van der Waals surface area contributed by atoms with E-state index in [1.54, 1.807) is 50.6 Å². The summed E-state index contributed by atoms with van der Waals surface area (Å²) in [6, 6.07) is 18.7. The number of aromatic nitrogens is 6. The number of carbonyl (C=O) groups excluding carboxylic acids is 1. The van der Waals surface area contributed by atoms with E-state index in [-0.39, 0.29) is 24.8 Å². The maximum atomic E-state index is 12.6. The highest BCUT2D eigenvalue weighted by Crippen LogP contribution is 2.31. The Kier molecular flexibility index (Phi) is 17.7. The molecule has 17 nitrogen and oxygen atoms in total. The molecule has 6 N–H and O–H groups in total. The number of nitrogens with one attached hydrogen (secondary N) is 3. The van der Waals surface area contributed by atoms with E-state index in [0.717, 1.165) is 45.3 Å². The summed E-state index contributed by atoms with van der Waals surface area (Å²) in [6.07, 6.45) is -2.51. The van der Waals surface area contributed by atoms with Crippen molar-refractivity contribution in [1.29, 1.82) is 0 Å². The molecule has 2 aliphatic heterocycles. The van der Waals surface area contributed by atoms with Gasteiger partial charge in [0.1, 0.15) is 28.7 Å². The number of nitrogens with zero attached hydrogens (tertiary/aromatic N) is 7. The highest BCUT2D eigenvalue weighted by Gasteiger charge is 2.33. The van der Waals surface area contributed by atoms with E-state index in [9.17, 15) is 41.0 Å². The number of carbonyl (C=O) groups is 2. The molecule has 2 fully saturated rings. The molecule has 0 spiro atoms. The fourth-order valence-corrected chi connectivity index (χ4v) is 7.34. The molecule has 380 valence electrons. The van der Waals surface area contributed by atoms with Gasteiger partial charge < -0.3 is 45.6 Å². The molecule has 1 amide bonds. The standard InChI is InChI=1S/C23H26F3N5O3.C19H20F3N5O.C4H8O3.CH4/c1-22(2,33)21(32)30-10-8-15(9-11-30)13-27-19-6-7-20-28-14-18(31(20)29-19)16-4-3-5-17(12-16)34-23(24,25)26;20-19(21,22)28-15-3-1-2-14(10-15)16-12-25-18-5-4-17(26-27(16)18)24-11-13-6-8-23-9-7-13;1-4(2,7)3(5)6;/h3-7,12,14-15,33H,8-11,13H2,1-2H3,(H,27,29);1-5,10,12-13,23H,6-9,11H2,(H,24,26);7H,1-2H3,(H,5,6);1H4. The first-order chi connectivity index (χ1) is 32.4. The highest BCUT2D eigenvalue weighted by molar-refractivity contribution is 5.84. The average Bonchev–Trinajstić information content (AvgIpc) is 3.91. The first-order valence-corrected chi connectivity index (χ1v) is 22.0. The van der Waals surface area contributed by atoms with Gasteiger partial charge in [0.25, 0.3) is 5.91 Å². The van der Waals surface area contributed by atoms with Crippen molar-refractivity contribution in [2.24, 2.45) is 11.8 Å². The van der Waals surface area contributed by atoms with Gasteiger partial charge in [0.15, 0.2) is 16.9 Å². The Morgan fingerprint density at radius 2 is 1.09 bits per heavy atom. The lowest BCUT2D eigenvalue weighted by atomic mass is 9.95. The van der Waals surface area contributed by atoms with Crippen LogP contribution in [-0.4, -0.2) is 124 Å². The van der Waals surface area contributed by atoms with E-state index in [2.05, 4.69) is 45.6 Å². The molecule has 0 atom stereocenters. The predicted octanol–water partition coefficient (Wildman–Crippen LogP) is 7.90. The van der Waals surface area contributed by atoms with Gasteiger partial charge in [0.2, 0.25) is 0 Å². The highest BCUT2D eigenvalue weighted by atomic mass is 19.4. The number of carboxylic acid groups (broad SMARTS) is 1. The molecule has 0 radical (unpaired) electrons. The van der Waals surface area contributed by atoms with Gasteiger partial charge in [-0.15, -0.1) is 36.5 Å². The van der Waals surface area contributed by atoms with E-state index in [4.69, 9.17) is 10.2 Å². The summed E-state index contributed by atoms with van der Waals surface area (Å²) in [5, 5.41) is 45.5. The van der Waals surface area contributed by atoms with Gasteiger partial charge >= 0.3 is 18.7 Å². The summed E-state index contributed by atoms with van der Waals surface area (Å²) in [7, 11) is 0. The van der Waals surface area contributed by atoms with Crippen molar-refractivity contribution in [3.05, 3.63) is 85.2 Å². The van der Waals surface area contributed by atoms with Gasteiger partial charge in [-0.05, 0) is 127 Å². The Hall–Kier alpha value is -6.72. The third-order valence-electron chi connectivity index (χ3n) is 11.0. The number of amides is 1. The van der Waals surface area contributed by atoms with E-state index in [1.165, 1.54) is 64.1 Å². The number of hydrogen-bond donors (Lipinski definition) is 6. The normalized spacial score (nSPS) is 14.9. The molecule has 6 heterocycles. The molecule has 2 aromatic carbocycles. The Balaban J connectivity index is 0.000000230. The zero-order valence-electron chi connectivity index (χ0n) is 38.2. The number of alkyl halides is 6. The summed E-state index contributed by atoms with van der Waals surface area (Å²) >= 11 is 0. The van der Waals surface area contributed by atoms with Gasteiger partial charge in [-0.2, -0.15) is 0 Å². The lowest BCUT2D eigenvalue weighted by Gasteiger charge is -2.35. The number of hydrogen-bond acceptors (Lipinski definition) is 13. The fourth-order valence-electron chi connectivity index (χ4n) is 7.34. The maximum Gasteiger partial charge on any atom is 0.573 e. The SMILES string of the molecule is C.CC(C)(O)C(=O)N1CCC(CNc2ccc3ncc(-c4cccc(OC(F)(F)F)c4)n3n2)CC1.CC(C)(O)C(=O)O.FC(F)(F)Oc1cccc(-c2cnc3ccc(NCC4CCNCC4)nn23)c1. The van der Waals surface area contributed by atoms with Crippen molar-refractivity contribution in [2.75, 3.05) is 49.9 Å². The molecule has 70 heavy (non-hydrogen) atoms. The molecule has 4 aromatic heterocycles. The number of carboxylic acids is 1. The van der Waals surface area contributed by atoms with Crippen molar-refractivity contribution in [3.8, 4) is 34.0 Å². The van der Waals surface area contributed by atoms with Crippen molar-refractivity contribution < 1.29 is 60.7 Å². The lowest BCUT2D eigenvalue weighted by molar-refractivity contribution is -0.275.